The maximum Gasteiger partial charge on any atom is 0.232 e. The van der Waals surface area contributed by atoms with Crippen LogP contribution in [0.5, 0.6) is 11.5 Å². The van der Waals surface area contributed by atoms with Gasteiger partial charge in [0, 0.05) is 7.05 Å². The average molecular weight is 357 g/mol. The van der Waals surface area contributed by atoms with Gasteiger partial charge in [0.2, 0.25) is 12.7 Å². The van der Waals surface area contributed by atoms with Crippen molar-refractivity contribution in [2.45, 2.75) is 25.0 Å². The predicted octanol–water partition coefficient (Wildman–Crippen LogP) is 2.07. The molecule has 2 aromatic carbocycles. The first-order valence-corrected chi connectivity index (χ1v) is 8.53. The number of carbonyl (C=O) groups is 1. The Morgan fingerprint density at radius 3 is 2.50 bits per heavy atom. The monoisotopic (exact) mass is 357 g/mol. The zero-order valence-electron chi connectivity index (χ0n) is 14.8. The van der Waals surface area contributed by atoms with Crippen molar-refractivity contribution in [3.8, 4) is 11.5 Å². The number of likely N-dealkylation sites (N-methyl/N-ethyl adjacent to an activating group) is 1. The van der Waals surface area contributed by atoms with Gasteiger partial charge in [-0.05, 0) is 30.2 Å². The van der Waals surface area contributed by atoms with Gasteiger partial charge >= 0.3 is 0 Å². The van der Waals surface area contributed by atoms with Crippen molar-refractivity contribution in [1.29, 1.82) is 0 Å². The molecule has 0 fully saturated rings. The Kier molecular flexibility index (Phi) is 5.44. The number of hydrogen-bond acceptors (Lipinski definition) is 5. The number of aliphatic hydroxyl groups excluding tert-OH is 2. The van der Waals surface area contributed by atoms with Crippen LogP contribution in [0.2, 0.25) is 0 Å². The van der Waals surface area contributed by atoms with Crippen LogP contribution < -0.4 is 9.47 Å². The molecule has 3 rings (SSSR count). The van der Waals surface area contributed by atoms with E-state index in [9.17, 15) is 15.0 Å². The van der Waals surface area contributed by atoms with Crippen molar-refractivity contribution in [3.63, 3.8) is 0 Å². The van der Waals surface area contributed by atoms with Gasteiger partial charge in [0.15, 0.2) is 11.5 Å². The largest absolute Gasteiger partial charge is 0.454 e. The van der Waals surface area contributed by atoms with Crippen LogP contribution in [0.3, 0.4) is 0 Å². The first-order valence-electron chi connectivity index (χ1n) is 8.53. The average Bonchev–Trinajstić information content (AvgIpc) is 3.15. The van der Waals surface area contributed by atoms with E-state index in [4.69, 9.17) is 9.47 Å². The lowest BCUT2D eigenvalue weighted by molar-refractivity contribution is -0.136. The minimum absolute atomic E-state index is 0.150. The highest BCUT2D eigenvalue weighted by Crippen LogP contribution is 2.35. The molecule has 1 aliphatic heterocycles. The number of amides is 1. The van der Waals surface area contributed by atoms with E-state index < -0.39 is 18.1 Å². The number of nitrogens with zero attached hydrogens (tertiary/aromatic N) is 1. The number of hydrogen-bond donors (Lipinski definition) is 2. The third kappa shape index (κ3) is 3.52. The van der Waals surface area contributed by atoms with Crippen molar-refractivity contribution >= 4 is 5.91 Å². The lowest BCUT2D eigenvalue weighted by Gasteiger charge is -2.32. The molecule has 0 bridgehead atoms. The fourth-order valence-electron chi connectivity index (χ4n) is 3.04. The Morgan fingerprint density at radius 1 is 1.12 bits per heavy atom. The minimum atomic E-state index is -0.818. The van der Waals surface area contributed by atoms with E-state index in [0.29, 0.717) is 17.1 Å². The third-order valence-electron chi connectivity index (χ3n) is 4.84. The number of carbonyl (C=O) groups excluding carboxylic acids is 1. The zero-order valence-corrected chi connectivity index (χ0v) is 14.8. The topological polar surface area (TPSA) is 79.2 Å². The van der Waals surface area contributed by atoms with Crippen LogP contribution in [-0.2, 0) is 4.79 Å². The second-order valence-electron chi connectivity index (χ2n) is 6.39. The molecule has 0 saturated carbocycles. The fourth-order valence-corrected chi connectivity index (χ4v) is 3.04. The summed E-state index contributed by atoms with van der Waals surface area (Å²) in [5, 5.41) is 20.4. The summed E-state index contributed by atoms with van der Waals surface area (Å²) in [6.45, 7) is 1.59. The van der Waals surface area contributed by atoms with E-state index in [1.54, 1.807) is 32.2 Å². The first-order chi connectivity index (χ1) is 12.5. The molecule has 138 valence electrons. The molecule has 3 atom stereocenters. The minimum Gasteiger partial charge on any atom is -0.454 e. The van der Waals surface area contributed by atoms with Gasteiger partial charge in [-0.15, -0.1) is 0 Å². The molecule has 6 heteroatoms. The highest BCUT2D eigenvalue weighted by atomic mass is 16.7. The Hall–Kier alpha value is -2.57. The number of benzene rings is 2. The van der Waals surface area contributed by atoms with Crippen molar-refractivity contribution in [2.24, 2.45) is 0 Å². The van der Waals surface area contributed by atoms with Crippen LogP contribution >= 0.6 is 0 Å². The summed E-state index contributed by atoms with van der Waals surface area (Å²) in [4.78, 5) is 14.4. The van der Waals surface area contributed by atoms with Crippen molar-refractivity contribution in [1.82, 2.24) is 4.90 Å². The number of aliphatic hydroxyl groups is 2. The molecule has 6 nitrogen and oxygen atoms in total. The van der Waals surface area contributed by atoms with Gasteiger partial charge in [-0.3, -0.25) is 4.79 Å². The molecular formula is C20H23NO5. The Balaban J connectivity index is 1.77. The van der Waals surface area contributed by atoms with E-state index in [-0.39, 0.29) is 19.3 Å². The number of fused-ring (bicyclic) bond motifs is 1. The summed E-state index contributed by atoms with van der Waals surface area (Å²) in [7, 11) is 1.63. The SMILES string of the molecule is C[C@@H]([C@@H](O)c1ccccc1)N(C)C(=O)[C@@H](CO)c1ccc2c(c1)OCO2. The van der Waals surface area contributed by atoms with Gasteiger partial charge in [-0.1, -0.05) is 36.4 Å². The fraction of sp³-hybridized carbons (Fsp3) is 0.350. The van der Waals surface area contributed by atoms with E-state index >= 15 is 0 Å². The lowest BCUT2D eigenvalue weighted by Crippen LogP contribution is -2.42. The molecule has 26 heavy (non-hydrogen) atoms. The summed E-state index contributed by atoms with van der Waals surface area (Å²) < 4.78 is 10.6. The quantitative estimate of drug-likeness (QED) is 0.827. The zero-order chi connectivity index (χ0) is 18.7. The third-order valence-corrected chi connectivity index (χ3v) is 4.84. The van der Waals surface area contributed by atoms with Crippen LogP contribution in [0.15, 0.2) is 48.5 Å². The summed E-state index contributed by atoms with van der Waals surface area (Å²) >= 11 is 0. The maximum atomic E-state index is 12.9. The summed E-state index contributed by atoms with van der Waals surface area (Å²) in [5.74, 6) is 0.182. The molecule has 0 aromatic heterocycles. The maximum absolute atomic E-state index is 12.9. The number of ether oxygens (including phenoxy) is 2. The summed E-state index contributed by atoms with van der Waals surface area (Å²) in [6.07, 6.45) is -0.818. The highest BCUT2D eigenvalue weighted by Gasteiger charge is 2.30. The number of rotatable bonds is 6. The molecule has 1 amide bonds. The van der Waals surface area contributed by atoms with Gasteiger partial charge in [-0.25, -0.2) is 0 Å². The molecule has 0 radical (unpaired) electrons. The molecule has 1 heterocycles. The van der Waals surface area contributed by atoms with Gasteiger partial charge in [0.05, 0.1) is 24.7 Å². The summed E-state index contributed by atoms with van der Waals surface area (Å²) in [5.41, 5.74) is 1.39. The molecular weight excluding hydrogens is 334 g/mol. The Bertz CT molecular complexity index is 764. The van der Waals surface area contributed by atoms with E-state index in [2.05, 4.69) is 0 Å². The molecule has 0 unspecified atom stereocenters. The molecule has 2 aromatic rings. The first kappa shape index (κ1) is 18.2. The second kappa shape index (κ2) is 7.76. The Labute approximate surface area is 152 Å². The van der Waals surface area contributed by atoms with Crippen LogP contribution in [0.4, 0.5) is 0 Å². The molecule has 0 spiro atoms. The predicted molar refractivity (Wildman–Crippen MR) is 96.0 cm³/mol. The lowest BCUT2D eigenvalue weighted by atomic mass is 9.96. The smallest absolute Gasteiger partial charge is 0.232 e. The molecule has 0 saturated heterocycles. The second-order valence-corrected chi connectivity index (χ2v) is 6.39. The normalized spacial score (nSPS) is 16.0. The molecule has 0 aliphatic carbocycles. The van der Waals surface area contributed by atoms with Crippen LogP contribution in [0, 0.1) is 0 Å². The van der Waals surface area contributed by atoms with Crippen LogP contribution in [0.25, 0.3) is 0 Å². The highest BCUT2D eigenvalue weighted by molar-refractivity contribution is 5.84. The van der Waals surface area contributed by atoms with Gasteiger partial charge in [0.1, 0.15) is 0 Å². The van der Waals surface area contributed by atoms with E-state index in [1.165, 1.54) is 4.90 Å². The van der Waals surface area contributed by atoms with E-state index in [0.717, 1.165) is 5.56 Å². The van der Waals surface area contributed by atoms with Crippen molar-refractivity contribution in [2.75, 3.05) is 20.4 Å². The van der Waals surface area contributed by atoms with Crippen LogP contribution in [0.1, 0.15) is 30.1 Å². The molecule has 2 N–H and O–H groups in total. The van der Waals surface area contributed by atoms with Gasteiger partial charge in [-0.2, -0.15) is 0 Å². The molecule has 1 aliphatic rings. The summed E-state index contributed by atoms with van der Waals surface area (Å²) in [6, 6.07) is 13.9. The standard InChI is InChI=1S/C20H23NO5/c1-13(19(23)14-6-4-3-5-7-14)21(2)20(24)16(11-22)15-8-9-17-18(10-15)26-12-25-17/h3-10,13,16,19,22-23H,11-12H2,1-2H3/t13-,16-,19+/m0/s1. The van der Waals surface area contributed by atoms with Crippen molar-refractivity contribution < 1.29 is 24.5 Å². The van der Waals surface area contributed by atoms with Gasteiger partial charge < -0.3 is 24.6 Å². The van der Waals surface area contributed by atoms with Crippen molar-refractivity contribution in [3.05, 3.63) is 59.7 Å². The van der Waals surface area contributed by atoms with E-state index in [1.807, 2.05) is 30.3 Å². The van der Waals surface area contributed by atoms with Crippen LogP contribution in [-0.4, -0.2) is 47.5 Å². The Morgan fingerprint density at radius 2 is 1.81 bits per heavy atom. The van der Waals surface area contributed by atoms with Gasteiger partial charge in [0.25, 0.3) is 0 Å².